The van der Waals surface area contributed by atoms with E-state index in [0.29, 0.717) is 50.0 Å². The van der Waals surface area contributed by atoms with Gasteiger partial charge in [0.05, 0.1) is 42.8 Å². The van der Waals surface area contributed by atoms with E-state index in [1.165, 1.54) is 44.9 Å². The van der Waals surface area contributed by atoms with E-state index in [4.69, 9.17) is 14.2 Å². The van der Waals surface area contributed by atoms with Crippen molar-refractivity contribution >= 4 is 44.5 Å². The Bertz CT molecular complexity index is 1110. The fourth-order valence-corrected chi connectivity index (χ4v) is 8.94. The maximum atomic E-state index is 12.5. The third kappa shape index (κ3) is 21.2. The predicted molar refractivity (Wildman–Crippen MR) is 233 cm³/mol. The minimum atomic E-state index is -1.53. The van der Waals surface area contributed by atoms with Gasteiger partial charge in [-0.05, 0) is 72.1 Å². The summed E-state index contributed by atoms with van der Waals surface area (Å²) in [6.07, 6.45) is 18.6. The summed E-state index contributed by atoms with van der Waals surface area (Å²) in [5, 5.41) is -0.0443. The van der Waals surface area contributed by atoms with Gasteiger partial charge in [0.2, 0.25) is 0 Å². The Labute approximate surface area is 327 Å². The predicted octanol–water partition coefficient (Wildman–Crippen LogP) is 10.3. The molecule has 0 aromatic rings. The zero-order valence-corrected chi connectivity index (χ0v) is 40.7. The number of carbonyl (C=O) groups is 3. The largest absolute Gasteiger partial charge is 0.370 e. The Hall–Kier alpha value is -0.979. The van der Waals surface area contributed by atoms with Crippen LogP contribution in [0.5, 0.6) is 0 Å². The first-order valence-corrected chi connectivity index (χ1v) is 30.3. The smallest absolute Gasteiger partial charge is 0.162 e. The average molecular weight is 781 g/mol. The minimum absolute atomic E-state index is 0.0443. The van der Waals surface area contributed by atoms with Crippen molar-refractivity contribution in [1.29, 1.82) is 0 Å². The Morgan fingerprint density at radius 2 is 1.17 bits per heavy atom. The molecule has 0 aromatic heterocycles. The molecule has 4 unspecified atom stereocenters. The van der Waals surface area contributed by atoms with Gasteiger partial charge in [0.15, 0.2) is 11.6 Å². The second kappa shape index (κ2) is 25.2. The number of ether oxygens (including phenoxy) is 3. The van der Waals surface area contributed by atoms with E-state index in [9.17, 15) is 14.4 Å². The molecule has 0 radical (unpaired) electrons. The summed E-state index contributed by atoms with van der Waals surface area (Å²) in [7, 11) is -0.694. The summed E-state index contributed by atoms with van der Waals surface area (Å²) in [6, 6.07) is 0. The molecule has 2 aliphatic carbocycles. The van der Waals surface area contributed by atoms with Crippen molar-refractivity contribution in [3.63, 3.8) is 0 Å². The molecule has 304 valence electrons. The molecule has 6 nitrogen and oxygen atoms in total. The maximum Gasteiger partial charge on any atom is 0.162 e. The fraction of sp³-hybridized carbons (Fsp3) is 0.837. The van der Waals surface area contributed by atoms with Crippen LogP contribution in [0.1, 0.15) is 152 Å². The van der Waals surface area contributed by atoms with E-state index in [1.54, 1.807) is 0 Å². The minimum Gasteiger partial charge on any atom is -0.370 e. The molecule has 1 heterocycles. The molecule has 1 aliphatic heterocycles. The Morgan fingerprint density at radius 1 is 0.750 bits per heavy atom. The van der Waals surface area contributed by atoms with Crippen LogP contribution in [0.25, 0.3) is 0 Å². The van der Waals surface area contributed by atoms with Gasteiger partial charge in [-0.1, -0.05) is 111 Å². The van der Waals surface area contributed by atoms with Crippen LogP contribution in [0.15, 0.2) is 23.3 Å². The summed E-state index contributed by atoms with van der Waals surface area (Å²) in [6.45, 7) is 32.7. The normalized spacial score (nSPS) is 22.7. The van der Waals surface area contributed by atoms with Gasteiger partial charge in [0, 0.05) is 56.7 Å². The van der Waals surface area contributed by atoms with Crippen LogP contribution in [0, 0.1) is 0 Å². The van der Waals surface area contributed by atoms with E-state index in [-0.39, 0.29) is 52.4 Å². The van der Waals surface area contributed by atoms with Crippen molar-refractivity contribution in [3.05, 3.63) is 23.3 Å². The summed E-state index contributed by atoms with van der Waals surface area (Å²) in [5.74, 6) is 0.512. The monoisotopic (exact) mass is 781 g/mol. The van der Waals surface area contributed by atoms with Gasteiger partial charge in [-0.2, -0.15) is 0 Å². The van der Waals surface area contributed by atoms with Gasteiger partial charge >= 0.3 is 0 Å². The molecule has 0 bridgehead atoms. The summed E-state index contributed by atoms with van der Waals surface area (Å²) < 4.78 is 18.1. The molecule has 52 heavy (non-hydrogen) atoms. The average Bonchev–Trinajstić information content (AvgIpc) is 3.47. The van der Waals surface area contributed by atoms with Crippen molar-refractivity contribution < 1.29 is 28.6 Å². The summed E-state index contributed by atoms with van der Waals surface area (Å²) in [4.78, 5) is 36.4. The van der Waals surface area contributed by atoms with E-state index >= 15 is 0 Å². The van der Waals surface area contributed by atoms with Gasteiger partial charge < -0.3 is 14.2 Å². The molecule has 0 spiro atoms. The first-order chi connectivity index (χ1) is 24.1. The van der Waals surface area contributed by atoms with E-state index < -0.39 is 8.07 Å². The molecule has 4 atom stereocenters. The van der Waals surface area contributed by atoms with Crippen LogP contribution in [0.4, 0.5) is 0 Å². The molecule has 0 aromatic carbocycles. The highest BCUT2D eigenvalue weighted by atomic mass is 28.3. The Morgan fingerprint density at radius 3 is 1.62 bits per heavy atom. The number of unbranched alkanes of at least 4 members (excludes halogenated alkanes) is 7. The lowest BCUT2D eigenvalue weighted by atomic mass is 10.0. The van der Waals surface area contributed by atoms with Gasteiger partial charge in [-0.3, -0.25) is 14.4 Å². The van der Waals surface area contributed by atoms with Crippen LogP contribution in [-0.4, -0.2) is 79.2 Å². The lowest BCUT2D eigenvalue weighted by Gasteiger charge is -2.27. The summed E-state index contributed by atoms with van der Waals surface area (Å²) >= 11 is 0. The number of hydrogen-bond acceptors (Lipinski definition) is 6. The van der Waals surface area contributed by atoms with Gasteiger partial charge in [0.1, 0.15) is 5.78 Å². The van der Waals surface area contributed by atoms with Gasteiger partial charge in [0.25, 0.3) is 0 Å². The Kier molecular flexibility index (Phi) is 24.8. The lowest BCUT2D eigenvalue weighted by Crippen LogP contribution is -2.44. The van der Waals surface area contributed by atoms with Gasteiger partial charge in [-0.25, -0.2) is 0 Å². The molecule has 0 N–H and O–H groups in total. The molecule has 0 amide bonds. The van der Waals surface area contributed by atoms with Gasteiger partial charge in [-0.15, -0.1) is 0 Å². The first-order valence-electron chi connectivity index (χ1n) is 21.2. The number of rotatable bonds is 18. The highest BCUT2D eigenvalue weighted by molar-refractivity contribution is 6.80. The van der Waals surface area contributed by atoms with Crippen LogP contribution in [-0.2, 0) is 28.6 Å². The number of ketones is 3. The first kappa shape index (κ1) is 51.0. The molecule has 0 saturated carbocycles. The number of epoxide rings is 1. The van der Waals surface area contributed by atoms with E-state index in [2.05, 4.69) is 65.8 Å². The van der Waals surface area contributed by atoms with Crippen LogP contribution in [0.3, 0.4) is 0 Å². The topological polar surface area (TPSA) is 82.2 Å². The molecule has 9 heteroatoms. The molecular formula is C43H84O6Si3. The third-order valence-corrected chi connectivity index (χ3v) is 12.2. The zero-order chi connectivity index (χ0) is 40.2. The maximum absolute atomic E-state index is 12.5. The van der Waals surface area contributed by atoms with Crippen LogP contribution in [0.2, 0.25) is 45.8 Å². The van der Waals surface area contributed by atoms with Crippen molar-refractivity contribution in [2.24, 2.45) is 0 Å². The standard InChI is InChI=1S/C21H38O3Si.C18H30O3.2C2H8Si/c1-8-9-10-11-12-19-21(24-19,25(5,6)7)15-16-13-17(14-18(16)22)23-20(2,3)4;1-5-6-7-8-9-10-15(19)11-14-12-16(13-17(14)20)21-18(2,3)4;2*1-3-2/h13,17,19H,8-12,14-15H2,1-7H3;12,16H,5-11,13H2,1-4H3;2*3H2,1-2H3. The number of carbonyl (C=O) groups excluding carboxylic acids is 3. The number of allylic oxidation sites excluding steroid dienone is 1. The lowest BCUT2D eigenvalue weighted by molar-refractivity contribution is -0.122. The van der Waals surface area contributed by atoms with Crippen molar-refractivity contribution in [1.82, 2.24) is 0 Å². The molecular weight excluding hydrogens is 697 g/mol. The molecule has 3 aliphatic rings. The SMILES string of the molecule is CCCCCCC1OC1(CC1=CC(OC(C)(C)C)CC1=O)[Si](C)(C)C.CCCCCCCC(=O)CC1=CC(OC(C)(C)C)CC1=O.C[SiH2]C.C[SiH2]C. The number of Topliss-reactive ketones (excluding diaryl/α,β-unsaturated/α-hetero) is 3. The molecule has 3 rings (SSSR count). The second-order valence-corrected chi connectivity index (χ2v) is 26.4. The van der Waals surface area contributed by atoms with Crippen molar-refractivity contribution in [3.8, 4) is 0 Å². The number of hydrogen-bond donors (Lipinski definition) is 0. The second-order valence-electron chi connectivity index (χ2n) is 18.2. The van der Waals surface area contributed by atoms with E-state index in [0.717, 1.165) is 31.3 Å². The highest BCUT2D eigenvalue weighted by Crippen LogP contribution is 2.51. The van der Waals surface area contributed by atoms with Crippen molar-refractivity contribution in [2.45, 2.75) is 232 Å². The quantitative estimate of drug-likeness (QED) is 0.0783. The highest BCUT2D eigenvalue weighted by Gasteiger charge is 2.63. The van der Waals surface area contributed by atoms with Crippen molar-refractivity contribution in [2.75, 3.05) is 0 Å². The van der Waals surface area contributed by atoms with Crippen LogP contribution < -0.4 is 0 Å². The molecule has 1 saturated heterocycles. The fourth-order valence-electron chi connectivity index (χ4n) is 6.61. The van der Waals surface area contributed by atoms with E-state index in [1.807, 2.05) is 47.6 Å². The zero-order valence-electron chi connectivity index (χ0n) is 36.9. The molecule has 1 fully saturated rings. The Balaban J connectivity index is 0.000000878. The summed E-state index contributed by atoms with van der Waals surface area (Å²) in [5.41, 5.74) is 1.13. The third-order valence-electron chi connectivity index (χ3n) is 9.08. The van der Waals surface area contributed by atoms with Crippen LogP contribution >= 0.6 is 0 Å².